The molecule has 0 saturated carbocycles. The molecule has 1 amide bonds. The van der Waals surface area contributed by atoms with Crippen molar-refractivity contribution in [1.82, 2.24) is 40.2 Å². The highest BCUT2D eigenvalue weighted by atomic mass is 16.2. The number of amides is 1. The maximum atomic E-state index is 12.3. The summed E-state index contributed by atoms with van der Waals surface area (Å²) in [6, 6.07) is 1.24. The SMILES string of the molecule is CC(C)c1nccn1Cc1cc(C(=O)NC(C)c2n[nH]c(=O)[nH]2)n[nH]1. The summed E-state index contributed by atoms with van der Waals surface area (Å²) in [6.07, 6.45) is 3.65. The van der Waals surface area contributed by atoms with E-state index in [1.165, 1.54) is 0 Å². The smallest absolute Gasteiger partial charge is 0.340 e. The van der Waals surface area contributed by atoms with Crippen LogP contribution in [0, 0.1) is 0 Å². The standard InChI is InChI=1S/C15H20N8O2/c1-8(2)13-16-4-5-23(13)7-10-6-11(20-19-10)14(24)17-9(3)12-18-15(25)22-21-12/h4-6,8-9H,7H2,1-3H3,(H,17,24)(H,19,20)(H2,18,21,22,25). The number of aromatic nitrogens is 7. The predicted molar refractivity (Wildman–Crippen MR) is 89.1 cm³/mol. The highest BCUT2D eigenvalue weighted by Crippen LogP contribution is 2.14. The van der Waals surface area contributed by atoms with E-state index in [1.54, 1.807) is 19.2 Å². The number of aromatic amines is 3. The molecule has 3 aromatic rings. The van der Waals surface area contributed by atoms with Crippen molar-refractivity contribution in [3.63, 3.8) is 0 Å². The topological polar surface area (TPSA) is 137 Å². The molecular formula is C15H20N8O2. The van der Waals surface area contributed by atoms with Crippen molar-refractivity contribution in [2.45, 2.75) is 39.3 Å². The van der Waals surface area contributed by atoms with Crippen LogP contribution in [0.2, 0.25) is 0 Å². The maximum Gasteiger partial charge on any atom is 0.340 e. The average molecular weight is 344 g/mol. The first-order valence-corrected chi connectivity index (χ1v) is 7.94. The van der Waals surface area contributed by atoms with Gasteiger partial charge in [-0.05, 0) is 13.0 Å². The van der Waals surface area contributed by atoms with E-state index in [-0.39, 0.29) is 11.6 Å². The molecule has 1 atom stereocenters. The van der Waals surface area contributed by atoms with E-state index < -0.39 is 11.7 Å². The zero-order chi connectivity index (χ0) is 18.0. The van der Waals surface area contributed by atoms with Crippen LogP contribution in [0.25, 0.3) is 0 Å². The van der Waals surface area contributed by atoms with Crippen molar-refractivity contribution in [3.05, 3.63) is 52.0 Å². The second-order valence-electron chi connectivity index (χ2n) is 6.10. The summed E-state index contributed by atoms with van der Waals surface area (Å²) in [6.45, 7) is 6.42. The second-order valence-corrected chi connectivity index (χ2v) is 6.10. The van der Waals surface area contributed by atoms with Gasteiger partial charge in [-0.25, -0.2) is 14.9 Å². The summed E-state index contributed by atoms with van der Waals surface area (Å²) >= 11 is 0. The van der Waals surface area contributed by atoms with Crippen LogP contribution in [-0.2, 0) is 6.54 Å². The van der Waals surface area contributed by atoms with Crippen molar-refractivity contribution >= 4 is 5.91 Å². The number of carbonyl (C=O) groups excluding carboxylic acids is 1. The molecule has 0 bridgehead atoms. The lowest BCUT2D eigenvalue weighted by Crippen LogP contribution is -2.28. The summed E-state index contributed by atoms with van der Waals surface area (Å²) in [7, 11) is 0. The Hall–Kier alpha value is -3.17. The van der Waals surface area contributed by atoms with Gasteiger partial charge in [0.2, 0.25) is 0 Å². The van der Waals surface area contributed by atoms with Crippen LogP contribution in [-0.4, -0.2) is 40.8 Å². The van der Waals surface area contributed by atoms with Gasteiger partial charge in [-0.15, -0.1) is 0 Å². The lowest BCUT2D eigenvalue weighted by molar-refractivity contribution is 0.0933. The van der Waals surface area contributed by atoms with E-state index in [0.29, 0.717) is 18.3 Å². The lowest BCUT2D eigenvalue weighted by Gasteiger charge is -2.09. The van der Waals surface area contributed by atoms with Crippen molar-refractivity contribution in [3.8, 4) is 0 Å². The molecule has 4 N–H and O–H groups in total. The largest absolute Gasteiger partial charge is 0.341 e. The number of rotatable bonds is 6. The molecular weight excluding hydrogens is 324 g/mol. The molecule has 0 spiro atoms. The highest BCUT2D eigenvalue weighted by molar-refractivity contribution is 5.92. The van der Waals surface area contributed by atoms with Gasteiger partial charge in [0.25, 0.3) is 5.91 Å². The third-order valence-corrected chi connectivity index (χ3v) is 3.75. The Balaban J connectivity index is 1.67. The minimum atomic E-state index is -0.451. The van der Waals surface area contributed by atoms with Gasteiger partial charge in [0.15, 0.2) is 5.82 Å². The Bertz CT molecular complexity index is 916. The van der Waals surface area contributed by atoms with Crippen LogP contribution in [0.15, 0.2) is 23.3 Å². The van der Waals surface area contributed by atoms with Crippen molar-refractivity contribution < 1.29 is 4.79 Å². The predicted octanol–water partition coefficient (Wildman–Crippen LogP) is 0.680. The number of H-pyrrole nitrogens is 3. The van der Waals surface area contributed by atoms with Gasteiger partial charge in [-0.2, -0.15) is 10.2 Å². The van der Waals surface area contributed by atoms with Gasteiger partial charge in [-0.1, -0.05) is 13.8 Å². The molecule has 10 heteroatoms. The molecule has 132 valence electrons. The maximum absolute atomic E-state index is 12.3. The molecule has 0 aliphatic rings. The highest BCUT2D eigenvalue weighted by Gasteiger charge is 2.17. The van der Waals surface area contributed by atoms with Crippen LogP contribution in [0.5, 0.6) is 0 Å². The van der Waals surface area contributed by atoms with Crippen molar-refractivity contribution in [2.75, 3.05) is 0 Å². The minimum Gasteiger partial charge on any atom is -0.341 e. The van der Waals surface area contributed by atoms with E-state index in [2.05, 4.69) is 49.5 Å². The van der Waals surface area contributed by atoms with Crippen LogP contribution in [0.4, 0.5) is 0 Å². The molecule has 3 aromatic heterocycles. The fraction of sp³-hybridized carbons (Fsp3) is 0.400. The van der Waals surface area contributed by atoms with Gasteiger partial charge in [-0.3, -0.25) is 14.9 Å². The van der Waals surface area contributed by atoms with Gasteiger partial charge in [0.1, 0.15) is 11.5 Å². The van der Waals surface area contributed by atoms with Gasteiger partial charge in [0.05, 0.1) is 18.3 Å². The van der Waals surface area contributed by atoms with Crippen LogP contribution >= 0.6 is 0 Å². The van der Waals surface area contributed by atoms with Gasteiger partial charge < -0.3 is 9.88 Å². The van der Waals surface area contributed by atoms with Gasteiger partial charge in [0, 0.05) is 18.3 Å². The first-order chi connectivity index (χ1) is 11.9. The Kier molecular flexibility index (Phi) is 4.50. The quantitative estimate of drug-likeness (QED) is 0.521. The number of hydrogen-bond donors (Lipinski definition) is 4. The van der Waals surface area contributed by atoms with Crippen molar-refractivity contribution in [2.24, 2.45) is 0 Å². The monoisotopic (exact) mass is 344 g/mol. The molecule has 0 aromatic carbocycles. The normalized spacial score (nSPS) is 12.5. The minimum absolute atomic E-state index is 0.269. The fourth-order valence-electron chi connectivity index (χ4n) is 2.52. The molecule has 0 aliphatic carbocycles. The molecule has 0 fully saturated rings. The fourth-order valence-corrected chi connectivity index (χ4v) is 2.52. The average Bonchev–Trinajstić information content (AvgIpc) is 3.28. The molecule has 0 aliphatic heterocycles. The van der Waals surface area contributed by atoms with E-state index in [0.717, 1.165) is 11.5 Å². The Morgan fingerprint density at radius 3 is 2.76 bits per heavy atom. The van der Waals surface area contributed by atoms with E-state index >= 15 is 0 Å². The third kappa shape index (κ3) is 3.67. The Morgan fingerprint density at radius 1 is 1.28 bits per heavy atom. The third-order valence-electron chi connectivity index (χ3n) is 3.75. The number of nitrogens with zero attached hydrogens (tertiary/aromatic N) is 4. The molecule has 25 heavy (non-hydrogen) atoms. The van der Waals surface area contributed by atoms with E-state index in [9.17, 15) is 9.59 Å². The number of hydrogen-bond acceptors (Lipinski definition) is 5. The summed E-state index contributed by atoms with van der Waals surface area (Å²) in [5.74, 6) is 1.27. The summed E-state index contributed by atoms with van der Waals surface area (Å²) in [5, 5.41) is 15.7. The number of imidazole rings is 1. The zero-order valence-electron chi connectivity index (χ0n) is 14.2. The van der Waals surface area contributed by atoms with E-state index in [1.807, 2.05) is 10.8 Å². The molecule has 0 saturated heterocycles. The zero-order valence-corrected chi connectivity index (χ0v) is 14.2. The molecule has 3 rings (SSSR count). The molecule has 10 nitrogen and oxygen atoms in total. The first-order valence-electron chi connectivity index (χ1n) is 7.94. The molecule has 3 heterocycles. The Morgan fingerprint density at radius 2 is 2.08 bits per heavy atom. The van der Waals surface area contributed by atoms with Crippen LogP contribution in [0.3, 0.4) is 0 Å². The second kappa shape index (κ2) is 6.75. The van der Waals surface area contributed by atoms with Crippen LogP contribution < -0.4 is 11.0 Å². The first kappa shape index (κ1) is 16.7. The summed E-state index contributed by atoms with van der Waals surface area (Å²) in [5.41, 5.74) is 0.649. The summed E-state index contributed by atoms with van der Waals surface area (Å²) < 4.78 is 2.01. The molecule has 1 unspecified atom stereocenters. The molecule has 0 radical (unpaired) electrons. The van der Waals surface area contributed by atoms with E-state index in [4.69, 9.17) is 0 Å². The van der Waals surface area contributed by atoms with Crippen LogP contribution in [0.1, 0.15) is 60.6 Å². The number of nitrogens with one attached hydrogen (secondary N) is 4. The summed E-state index contributed by atoms with van der Waals surface area (Å²) in [4.78, 5) is 30.2. The van der Waals surface area contributed by atoms with Crippen molar-refractivity contribution in [1.29, 1.82) is 0 Å². The number of carbonyl (C=O) groups is 1. The van der Waals surface area contributed by atoms with Gasteiger partial charge >= 0.3 is 5.69 Å². The lowest BCUT2D eigenvalue weighted by atomic mass is 10.2. The Labute approximate surface area is 143 Å².